The Balaban J connectivity index is 1.86. The number of hydrogen-bond acceptors (Lipinski definition) is 4. The molecule has 1 fully saturated rings. The number of nitrogens with one attached hydrogen (secondary N) is 2. The third-order valence-corrected chi connectivity index (χ3v) is 4.36. The number of aromatic nitrogens is 1. The summed E-state index contributed by atoms with van der Waals surface area (Å²) in [5.74, 6) is 1.14. The molecule has 1 aliphatic carbocycles. The quantitative estimate of drug-likeness (QED) is 0.885. The van der Waals surface area contributed by atoms with Gasteiger partial charge in [-0.1, -0.05) is 18.0 Å². The van der Waals surface area contributed by atoms with Crippen LogP contribution in [0.5, 0.6) is 0 Å². The van der Waals surface area contributed by atoms with Gasteiger partial charge in [-0.25, -0.2) is 4.79 Å². The Hall–Kier alpha value is -1.17. The maximum absolute atomic E-state index is 11.8. The zero-order chi connectivity index (χ0) is 13.0. The maximum atomic E-state index is 11.8. The van der Waals surface area contributed by atoms with Gasteiger partial charge in [0.05, 0.1) is 0 Å². The lowest BCUT2D eigenvalue weighted by Crippen LogP contribution is -2.45. The van der Waals surface area contributed by atoms with E-state index in [9.17, 15) is 4.79 Å². The molecule has 0 radical (unpaired) electrons. The van der Waals surface area contributed by atoms with E-state index in [1.54, 1.807) is 13.0 Å². The molecule has 5 nitrogen and oxygen atoms in total. The lowest BCUT2D eigenvalue weighted by Gasteiger charge is -2.30. The standard InChI is InChI=1S/C12H19N3O2S/c1-8-7-11(15-17-8)14-12(16)13-9-5-3-4-6-10(9)18-2/h7,9-10H,3-6H2,1-2H3,(H2,13,14,15,16). The van der Waals surface area contributed by atoms with Crippen molar-refractivity contribution in [3.63, 3.8) is 0 Å². The van der Waals surface area contributed by atoms with Crippen molar-refractivity contribution in [3.8, 4) is 0 Å². The van der Waals surface area contributed by atoms with Crippen molar-refractivity contribution in [1.29, 1.82) is 0 Å². The van der Waals surface area contributed by atoms with Crippen LogP contribution in [0.15, 0.2) is 10.6 Å². The second-order valence-corrected chi connectivity index (χ2v) is 5.66. The van der Waals surface area contributed by atoms with Gasteiger partial charge in [0.15, 0.2) is 5.82 Å². The smallest absolute Gasteiger partial charge is 0.320 e. The molecular formula is C12H19N3O2S. The average molecular weight is 269 g/mol. The van der Waals surface area contributed by atoms with Crippen molar-refractivity contribution >= 4 is 23.6 Å². The van der Waals surface area contributed by atoms with Gasteiger partial charge in [0.1, 0.15) is 5.76 Å². The first-order valence-corrected chi connectivity index (χ1v) is 7.51. The Morgan fingerprint density at radius 3 is 2.94 bits per heavy atom. The predicted molar refractivity (Wildman–Crippen MR) is 73.0 cm³/mol. The molecule has 2 amide bonds. The number of nitrogens with zero attached hydrogens (tertiary/aromatic N) is 1. The summed E-state index contributed by atoms with van der Waals surface area (Å²) in [5, 5.41) is 9.97. The zero-order valence-corrected chi connectivity index (χ0v) is 11.5. The maximum Gasteiger partial charge on any atom is 0.320 e. The van der Waals surface area contributed by atoms with Crippen LogP contribution in [0.1, 0.15) is 31.4 Å². The fourth-order valence-electron chi connectivity index (χ4n) is 2.29. The summed E-state index contributed by atoms with van der Waals surface area (Å²) in [6, 6.07) is 1.75. The Morgan fingerprint density at radius 2 is 2.28 bits per heavy atom. The summed E-state index contributed by atoms with van der Waals surface area (Å²) in [4.78, 5) is 11.8. The molecule has 1 aromatic rings. The third kappa shape index (κ3) is 3.41. The monoisotopic (exact) mass is 269 g/mol. The normalized spacial score (nSPS) is 23.7. The average Bonchev–Trinajstić information content (AvgIpc) is 2.75. The molecule has 18 heavy (non-hydrogen) atoms. The number of thioether (sulfide) groups is 1. The van der Waals surface area contributed by atoms with Crippen LogP contribution in [0.2, 0.25) is 0 Å². The predicted octanol–water partition coefficient (Wildman–Crippen LogP) is 2.78. The van der Waals surface area contributed by atoms with E-state index in [0.717, 1.165) is 6.42 Å². The van der Waals surface area contributed by atoms with E-state index >= 15 is 0 Å². The van der Waals surface area contributed by atoms with Crippen molar-refractivity contribution in [1.82, 2.24) is 10.5 Å². The number of rotatable bonds is 3. The SMILES string of the molecule is CSC1CCCCC1NC(=O)Nc1cc(C)on1. The first kappa shape index (κ1) is 13.3. The van der Waals surface area contributed by atoms with Crippen molar-refractivity contribution in [2.45, 2.75) is 43.9 Å². The van der Waals surface area contributed by atoms with Gasteiger partial charge >= 0.3 is 6.03 Å². The van der Waals surface area contributed by atoms with E-state index in [1.165, 1.54) is 19.3 Å². The minimum Gasteiger partial charge on any atom is -0.360 e. The Bertz CT molecular complexity index is 408. The van der Waals surface area contributed by atoms with Crippen LogP contribution in [0, 0.1) is 6.92 Å². The van der Waals surface area contributed by atoms with Crippen LogP contribution in [0.4, 0.5) is 10.6 Å². The molecule has 0 aromatic carbocycles. The van der Waals surface area contributed by atoms with E-state index in [2.05, 4.69) is 22.0 Å². The van der Waals surface area contributed by atoms with Crippen molar-refractivity contribution in [2.75, 3.05) is 11.6 Å². The minimum absolute atomic E-state index is 0.200. The lowest BCUT2D eigenvalue weighted by atomic mass is 9.95. The summed E-state index contributed by atoms with van der Waals surface area (Å²) in [6.07, 6.45) is 6.77. The zero-order valence-electron chi connectivity index (χ0n) is 10.7. The number of carbonyl (C=O) groups is 1. The summed E-state index contributed by atoms with van der Waals surface area (Å²) in [6.45, 7) is 1.79. The second kappa shape index (κ2) is 6.13. The van der Waals surface area contributed by atoms with Crippen LogP contribution < -0.4 is 10.6 Å². The van der Waals surface area contributed by atoms with E-state index in [-0.39, 0.29) is 12.1 Å². The van der Waals surface area contributed by atoms with Gasteiger partial charge in [-0.05, 0) is 26.0 Å². The summed E-state index contributed by atoms with van der Waals surface area (Å²) in [5.41, 5.74) is 0. The highest BCUT2D eigenvalue weighted by Crippen LogP contribution is 2.27. The first-order chi connectivity index (χ1) is 8.69. The molecule has 100 valence electrons. The highest BCUT2D eigenvalue weighted by atomic mass is 32.2. The molecule has 0 aliphatic heterocycles. The van der Waals surface area contributed by atoms with Crippen LogP contribution >= 0.6 is 11.8 Å². The summed E-state index contributed by atoms with van der Waals surface area (Å²) in [7, 11) is 0. The number of urea groups is 1. The Kier molecular flexibility index (Phi) is 4.52. The van der Waals surface area contributed by atoms with Gasteiger partial charge in [0.25, 0.3) is 0 Å². The second-order valence-electron chi connectivity index (χ2n) is 4.59. The van der Waals surface area contributed by atoms with Crippen LogP contribution in [-0.2, 0) is 0 Å². The number of aryl methyl sites for hydroxylation is 1. The first-order valence-electron chi connectivity index (χ1n) is 6.22. The molecule has 6 heteroatoms. The molecular weight excluding hydrogens is 250 g/mol. The number of carbonyl (C=O) groups excluding carboxylic acids is 1. The molecule has 0 bridgehead atoms. The van der Waals surface area contributed by atoms with Gasteiger partial charge < -0.3 is 9.84 Å². The highest BCUT2D eigenvalue weighted by Gasteiger charge is 2.25. The van der Waals surface area contributed by atoms with Gasteiger partial charge in [-0.3, -0.25) is 5.32 Å². The topological polar surface area (TPSA) is 67.2 Å². The van der Waals surface area contributed by atoms with Crippen LogP contribution in [0.3, 0.4) is 0 Å². The highest BCUT2D eigenvalue weighted by molar-refractivity contribution is 7.99. The fourth-order valence-corrected chi connectivity index (χ4v) is 3.23. The van der Waals surface area contributed by atoms with Gasteiger partial charge in [-0.15, -0.1) is 0 Å². The van der Waals surface area contributed by atoms with Crippen LogP contribution in [-0.4, -0.2) is 28.7 Å². The largest absolute Gasteiger partial charge is 0.360 e. The number of amides is 2. The molecule has 2 atom stereocenters. The van der Waals surface area contributed by atoms with Crippen molar-refractivity contribution < 1.29 is 9.32 Å². The minimum atomic E-state index is -0.200. The van der Waals surface area contributed by atoms with Crippen molar-refractivity contribution in [3.05, 3.63) is 11.8 Å². The third-order valence-electron chi connectivity index (χ3n) is 3.19. The molecule has 0 saturated heterocycles. The fraction of sp³-hybridized carbons (Fsp3) is 0.667. The molecule has 2 unspecified atom stereocenters. The molecule has 2 rings (SSSR count). The van der Waals surface area contributed by atoms with E-state index < -0.39 is 0 Å². The molecule has 1 heterocycles. The molecule has 2 N–H and O–H groups in total. The summed E-state index contributed by atoms with van der Waals surface area (Å²) >= 11 is 1.83. The molecule has 1 aromatic heterocycles. The van der Waals surface area contributed by atoms with Gasteiger partial charge in [-0.2, -0.15) is 11.8 Å². The lowest BCUT2D eigenvalue weighted by molar-refractivity contribution is 0.244. The molecule has 1 aliphatic rings. The van der Waals surface area contributed by atoms with Crippen LogP contribution in [0.25, 0.3) is 0 Å². The van der Waals surface area contributed by atoms with Gasteiger partial charge in [0.2, 0.25) is 0 Å². The Morgan fingerprint density at radius 1 is 1.50 bits per heavy atom. The van der Waals surface area contributed by atoms with Crippen molar-refractivity contribution in [2.24, 2.45) is 0 Å². The van der Waals surface area contributed by atoms with Gasteiger partial charge in [0, 0.05) is 17.4 Å². The van der Waals surface area contributed by atoms with E-state index in [1.807, 2.05) is 11.8 Å². The van der Waals surface area contributed by atoms with E-state index in [4.69, 9.17) is 4.52 Å². The summed E-state index contributed by atoms with van der Waals surface area (Å²) < 4.78 is 4.90. The number of anilines is 1. The molecule has 0 spiro atoms. The molecule has 1 saturated carbocycles. The van der Waals surface area contributed by atoms with E-state index in [0.29, 0.717) is 16.8 Å². The Labute approximate surface area is 111 Å². The number of hydrogen-bond donors (Lipinski definition) is 2.